The summed E-state index contributed by atoms with van der Waals surface area (Å²) < 4.78 is 10.2. The van der Waals surface area contributed by atoms with Crippen molar-refractivity contribution in [2.24, 2.45) is 0 Å². The van der Waals surface area contributed by atoms with E-state index in [1.54, 1.807) is 30.3 Å². The number of hydrogen-bond acceptors (Lipinski definition) is 5. The summed E-state index contributed by atoms with van der Waals surface area (Å²) in [6.07, 6.45) is 1.69. The molecule has 5 heteroatoms. The number of phenols is 2. The van der Waals surface area contributed by atoms with Gasteiger partial charge in [0.1, 0.15) is 11.5 Å². The second-order valence-electron chi connectivity index (χ2n) is 4.19. The van der Waals surface area contributed by atoms with Gasteiger partial charge in [0, 0.05) is 6.07 Å². The van der Waals surface area contributed by atoms with Gasteiger partial charge in [0.05, 0.1) is 0 Å². The van der Waals surface area contributed by atoms with Crippen LogP contribution in [0.3, 0.4) is 0 Å². The molecule has 108 valence electrons. The predicted molar refractivity (Wildman–Crippen MR) is 77.4 cm³/mol. The largest absolute Gasteiger partial charge is 0.504 e. The van der Waals surface area contributed by atoms with E-state index in [1.807, 2.05) is 0 Å². The third kappa shape index (κ3) is 4.01. The van der Waals surface area contributed by atoms with Crippen LogP contribution in [0, 0.1) is 0 Å². The van der Waals surface area contributed by atoms with Crippen LogP contribution in [0.1, 0.15) is 5.56 Å². The minimum Gasteiger partial charge on any atom is -0.504 e. The average molecular weight is 286 g/mol. The number of benzene rings is 2. The smallest absolute Gasteiger partial charge is 0.349 e. The first-order valence-electron chi connectivity index (χ1n) is 6.16. The number of phenolic OH excluding ortho intramolecular Hbond substituents is 2. The van der Waals surface area contributed by atoms with Crippen molar-refractivity contribution in [3.8, 4) is 23.0 Å². The number of hydrogen-bond donors (Lipinski definition) is 2. The van der Waals surface area contributed by atoms with Crippen LogP contribution in [-0.4, -0.2) is 22.8 Å². The normalized spacial score (nSPS) is 9.90. The molecule has 2 N–H and O–H groups in total. The molecule has 5 nitrogen and oxygen atoms in total. The van der Waals surface area contributed by atoms with Crippen molar-refractivity contribution in [1.29, 1.82) is 0 Å². The van der Waals surface area contributed by atoms with Gasteiger partial charge >= 0.3 is 5.97 Å². The molecule has 2 aromatic carbocycles. The first kappa shape index (κ1) is 14.5. The lowest BCUT2D eigenvalue weighted by Gasteiger charge is -2.07. The summed E-state index contributed by atoms with van der Waals surface area (Å²) in [6, 6.07) is 10.8. The maximum absolute atomic E-state index is 11.6. The van der Waals surface area contributed by atoms with Gasteiger partial charge in [-0.3, -0.25) is 0 Å². The Balaban J connectivity index is 1.89. The molecule has 0 unspecified atom stereocenters. The molecule has 0 amide bonds. The molecule has 0 aliphatic heterocycles. The van der Waals surface area contributed by atoms with Crippen LogP contribution in [0.5, 0.6) is 23.0 Å². The molecule has 0 aliphatic rings. The van der Waals surface area contributed by atoms with E-state index >= 15 is 0 Å². The molecule has 0 aromatic heterocycles. The fraction of sp³-hybridized carbons (Fsp3) is 0.0625. The molecule has 0 fully saturated rings. The second kappa shape index (κ2) is 6.47. The van der Waals surface area contributed by atoms with Crippen LogP contribution < -0.4 is 9.47 Å². The Bertz CT molecular complexity index is 646. The van der Waals surface area contributed by atoms with Gasteiger partial charge in [0.15, 0.2) is 18.1 Å². The topological polar surface area (TPSA) is 76.0 Å². The molecule has 0 saturated carbocycles. The van der Waals surface area contributed by atoms with E-state index < -0.39 is 5.97 Å². The van der Waals surface area contributed by atoms with E-state index in [1.165, 1.54) is 18.2 Å². The molecule has 0 spiro atoms. The van der Waals surface area contributed by atoms with Gasteiger partial charge in [-0.1, -0.05) is 24.8 Å². The molecule has 0 atom stereocenters. The van der Waals surface area contributed by atoms with Gasteiger partial charge in [-0.05, 0) is 29.8 Å². The summed E-state index contributed by atoms with van der Waals surface area (Å²) in [5.74, 6) is -0.492. The Kier molecular flexibility index (Phi) is 4.46. The number of rotatable bonds is 5. The lowest BCUT2D eigenvalue weighted by atomic mass is 10.2. The van der Waals surface area contributed by atoms with Crippen molar-refractivity contribution in [3.05, 3.63) is 54.6 Å². The van der Waals surface area contributed by atoms with Crippen molar-refractivity contribution in [2.45, 2.75) is 0 Å². The summed E-state index contributed by atoms with van der Waals surface area (Å²) >= 11 is 0. The second-order valence-corrected chi connectivity index (χ2v) is 4.19. The highest BCUT2D eigenvalue weighted by molar-refractivity contribution is 5.74. The maximum Gasteiger partial charge on any atom is 0.349 e. The van der Waals surface area contributed by atoms with E-state index in [2.05, 4.69) is 6.58 Å². The molecule has 0 bridgehead atoms. The first-order chi connectivity index (χ1) is 10.1. The Morgan fingerprint density at radius 2 is 1.71 bits per heavy atom. The van der Waals surface area contributed by atoms with Crippen molar-refractivity contribution in [3.63, 3.8) is 0 Å². The van der Waals surface area contributed by atoms with Gasteiger partial charge in [0.25, 0.3) is 0 Å². The van der Waals surface area contributed by atoms with Gasteiger partial charge in [-0.2, -0.15) is 0 Å². The highest BCUT2D eigenvalue weighted by atomic mass is 16.6. The Morgan fingerprint density at radius 1 is 1.05 bits per heavy atom. The Morgan fingerprint density at radius 3 is 2.33 bits per heavy atom. The van der Waals surface area contributed by atoms with Crippen LogP contribution >= 0.6 is 0 Å². The Labute approximate surface area is 121 Å². The molecular weight excluding hydrogens is 272 g/mol. The third-order valence-electron chi connectivity index (χ3n) is 2.65. The van der Waals surface area contributed by atoms with Crippen molar-refractivity contribution in [2.75, 3.05) is 6.61 Å². The molecule has 0 heterocycles. The fourth-order valence-electron chi connectivity index (χ4n) is 1.57. The van der Waals surface area contributed by atoms with Gasteiger partial charge in [-0.15, -0.1) is 0 Å². The van der Waals surface area contributed by atoms with Crippen molar-refractivity contribution < 1.29 is 24.5 Å². The van der Waals surface area contributed by atoms with Crippen LogP contribution in [0.25, 0.3) is 6.08 Å². The highest BCUT2D eigenvalue weighted by Crippen LogP contribution is 2.28. The van der Waals surface area contributed by atoms with Crippen LogP contribution in [0.15, 0.2) is 49.0 Å². The lowest BCUT2D eigenvalue weighted by Crippen LogP contribution is -2.17. The molecule has 0 radical (unpaired) electrons. The lowest BCUT2D eigenvalue weighted by molar-refractivity contribution is -0.136. The van der Waals surface area contributed by atoms with Crippen LogP contribution in [0.2, 0.25) is 0 Å². The van der Waals surface area contributed by atoms with Crippen LogP contribution in [-0.2, 0) is 4.79 Å². The average Bonchev–Trinajstić information content (AvgIpc) is 2.49. The molecular formula is C16H14O5. The molecule has 21 heavy (non-hydrogen) atoms. The minimum atomic E-state index is -0.575. The van der Waals surface area contributed by atoms with Gasteiger partial charge < -0.3 is 19.7 Å². The number of carbonyl (C=O) groups excluding carboxylic acids is 1. The quantitative estimate of drug-likeness (QED) is 0.502. The first-order valence-corrected chi connectivity index (χ1v) is 6.16. The van der Waals surface area contributed by atoms with E-state index in [0.717, 1.165) is 5.56 Å². The standard InChI is InChI=1S/C16H14O5/c1-2-11-3-5-12(6-4-11)21-16(19)10-20-13-7-8-14(17)15(18)9-13/h2-9,17-18H,1,10H2. The maximum atomic E-state index is 11.6. The zero-order valence-corrected chi connectivity index (χ0v) is 11.2. The zero-order valence-electron chi connectivity index (χ0n) is 11.2. The minimum absolute atomic E-state index is 0.254. The van der Waals surface area contributed by atoms with E-state index in [9.17, 15) is 9.90 Å². The van der Waals surface area contributed by atoms with Crippen LogP contribution in [0.4, 0.5) is 0 Å². The Hall–Kier alpha value is -2.95. The molecule has 2 aromatic rings. The van der Waals surface area contributed by atoms with E-state index in [0.29, 0.717) is 5.75 Å². The summed E-state index contributed by atoms with van der Waals surface area (Å²) in [7, 11) is 0. The fourth-order valence-corrected chi connectivity index (χ4v) is 1.57. The molecule has 0 saturated heterocycles. The number of aromatic hydroxyl groups is 2. The van der Waals surface area contributed by atoms with Crippen molar-refractivity contribution >= 4 is 12.0 Å². The SMILES string of the molecule is C=Cc1ccc(OC(=O)COc2ccc(O)c(O)c2)cc1. The van der Waals surface area contributed by atoms with Crippen molar-refractivity contribution in [1.82, 2.24) is 0 Å². The summed E-state index contributed by atoms with van der Waals surface area (Å²) in [4.78, 5) is 11.6. The summed E-state index contributed by atoms with van der Waals surface area (Å²) in [5.41, 5.74) is 0.922. The van der Waals surface area contributed by atoms with Gasteiger partial charge in [-0.25, -0.2) is 4.79 Å². The molecule has 0 aliphatic carbocycles. The summed E-state index contributed by atoms with van der Waals surface area (Å²) in [6.45, 7) is 3.32. The number of carbonyl (C=O) groups is 1. The predicted octanol–water partition coefficient (Wildman–Crippen LogP) is 2.73. The third-order valence-corrected chi connectivity index (χ3v) is 2.65. The number of esters is 1. The van der Waals surface area contributed by atoms with E-state index in [-0.39, 0.29) is 23.9 Å². The van der Waals surface area contributed by atoms with Gasteiger partial charge in [0.2, 0.25) is 0 Å². The monoisotopic (exact) mass is 286 g/mol. The highest BCUT2D eigenvalue weighted by Gasteiger charge is 2.07. The zero-order chi connectivity index (χ0) is 15.2. The van der Waals surface area contributed by atoms with E-state index in [4.69, 9.17) is 14.6 Å². The summed E-state index contributed by atoms with van der Waals surface area (Å²) in [5, 5.41) is 18.5. The number of ether oxygens (including phenoxy) is 2. The molecule has 2 rings (SSSR count).